The van der Waals surface area contributed by atoms with Gasteiger partial charge in [0.2, 0.25) is 0 Å². The molecule has 1 N–H and O–H groups in total. The van der Waals surface area contributed by atoms with E-state index < -0.39 is 0 Å². The van der Waals surface area contributed by atoms with Gasteiger partial charge < -0.3 is 5.11 Å². The fraction of sp³-hybridized carbons (Fsp3) is 0.636. The summed E-state index contributed by atoms with van der Waals surface area (Å²) in [6, 6.07) is 4.24. The topological polar surface area (TPSA) is 23.5 Å². The van der Waals surface area contributed by atoms with E-state index >= 15 is 0 Å². The molecule has 1 aromatic rings. The van der Waals surface area contributed by atoms with Crippen molar-refractivity contribution in [1.29, 1.82) is 0 Å². The van der Waals surface area contributed by atoms with Gasteiger partial charge in [-0.05, 0) is 31.7 Å². The maximum absolute atomic E-state index is 9.63. The summed E-state index contributed by atoms with van der Waals surface area (Å²) in [5, 5.41) is 11.7. The molecule has 0 spiro atoms. The quantitative estimate of drug-likeness (QED) is 0.809. The van der Waals surface area contributed by atoms with Crippen molar-refractivity contribution in [2.24, 2.45) is 0 Å². The predicted octanol–water partition coefficient (Wildman–Crippen LogP) is 2.09. The van der Waals surface area contributed by atoms with Gasteiger partial charge in [0.1, 0.15) is 0 Å². The minimum absolute atomic E-state index is 0.142. The van der Waals surface area contributed by atoms with E-state index in [0.717, 1.165) is 19.5 Å². The maximum Gasteiger partial charge on any atom is 0.0684 e. The lowest BCUT2D eigenvalue weighted by molar-refractivity contribution is 0.158. The van der Waals surface area contributed by atoms with Crippen LogP contribution in [0.5, 0.6) is 0 Å². The normalized spacial score (nSPS) is 26.9. The first-order valence-electron chi connectivity index (χ1n) is 5.03. The van der Waals surface area contributed by atoms with Gasteiger partial charge in [-0.25, -0.2) is 0 Å². The molecular formula is C11H17NOS. The molecule has 78 valence electrons. The molecule has 0 bridgehead atoms. The average Bonchev–Trinajstić information content (AvgIpc) is 2.61. The number of hydrogen-bond acceptors (Lipinski definition) is 3. The van der Waals surface area contributed by atoms with Crippen LogP contribution in [0.15, 0.2) is 17.5 Å². The molecule has 1 aliphatic heterocycles. The zero-order valence-corrected chi connectivity index (χ0v) is 9.55. The first-order chi connectivity index (χ1) is 6.58. The van der Waals surface area contributed by atoms with E-state index in [0.29, 0.717) is 0 Å². The Hall–Kier alpha value is -0.380. The first-order valence-corrected chi connectivity index (χ1v) is 5.91. The highest BCUT2D eigenvalue weighted by atomic mass is 32.1. The van der Waals surface area contributed by atoms with Crippen molar-refractivity contribution in [3.8, 4) is 0 Å². The Labute approximate surface area is 89.2 Å². The zero-order chi connectivity index (χ0) is 10.2. The highest BCUT2D eigenvalue weighted by Gasteiger charge is 2.37. The summed E-state index contributed by atoms with van der Waals surface area (Å²) in [6.45, 7) is 6.19. The number of hydrogen-bond donors (Lipinski definition) is 1. The van der Waals surface area contributed by atoms with Crippen molar-refractivity contribution < 1.29 is 5.11 Å². The molecule has 0 amide bonds. The number of rotatable bonds is 2. The molecule has 1 aromatic heterocycles. The molecule has 0 saturated carbocycles. The second-order valence-corrected chi connectivity index (χ2v) is 5.66. The lowest BCUT2D eigenvalue weighted by atomic mass is 10.0. The van der Waals surface area contributed by atoms with E-state index in [-0.39, 0.29) is 11.6 Å². The standard InChI is InChI=1S/C11H17NOS/c1-11(2)6-9(13)7-12(11)8-10-4-3-5-14-10/h3-5,9,13H,6-8H2,1-2H3. The van der Waals surface area contributed by atoms with Crippen molar-refractivity contribution >= 4 is 11.3 Å². The lowest BCUT2D eigenvalue weighted by Crippen LogP contribution is -2.37. The fourth-order valence-electron chi connectivity index (χ4n) is 2.14. The van der Waals surface area contributed by atoms with Crippen molar-refractivity contribution in [1.82, 2.24) is 4.90 Å². The molecule has 1 fully saturated rings. The molecule has 0 aromatic carbocycles. The van der Waals surface area contributed by atoms with Crippen LogP contribution in [0.2, 0.25) is 0 Å². The highest BCUT2D eigenvalue weighted by molar-refractivity contribution is 7.09. The van der Waals surface area contributed by atoms with Gasteiger partial charge in [0, 0.05) is 23.5 Å². The molecule has 2 heterocycles. The number of aliphatic hydroxyl groups excluding tert-OH is 1. The van der Waals surface area contributed by atoms with Crippen LogP contribution in [0.1, 0.15) is 25.1 Å². The number of likely N-dealkylation sites (tertiary alicyclic amines) is 1. The molecular weight excluding hydrogens is 194 g/mol. The number of nitrogens with zero attached hydrogens (tertiary/aromatic N) is 1. The summed E-state index contributed by atoms with van der Waals surface area (Å²) in [4.78, 5) is 3.75. The third kappa shape index (κ3) is 2.00. The minimum atomic E-state index is -0.148. The molecule has 3 heteroatoms. The Morgan fingerprint density at radius 1 is 1.64 bits per heavy atom. The molecule has 1 aliphatic rings. The third-order valence-electron chi connectivity index (χ3n) is 2.95. The summed E-state index contributed by atoms with van der Waals surface area (Å²) in [6.07, 6.45) is 0.739. The molecule has 1 atom stereocenters. The lowest BCUT2D eigenvalue weighted by Gasteiger charge is -2.30. The zero-order valence-electron chi connectivity index (χ0n) is 8.73. The van der Waals surface area contributed by atoms with Crippen LogP contribution < -0.4 is 0 Å². The molecule has 1 unspecified atom stereocenters. The molecule has 0 radical (unpaired) electrons. The smallest absolute Gasteiger partial charge is 0.0684 e. The van der Waals surface area contributed by atoms with E-state index in [9.17, 15) is 5.11 Å². The summed E-state index contributed by atoms with van der Waals surface area (Å²) in [5.41, 5.74) is 0.142. The SMILES string of the molecule is CC1(C)CC(O)CN1Cc1cccs1. The first kappa shape index (κ1) is 10.1. The van der Waals surface area contributed by atoms with Gasteiger partial charge in [-0.15, -0.1) is 11.3 Å². The number of thiophene rings is 1. The Kier molecular flexibility index (Phi) is 2.64. The van der Waals surface area contributed by atoms with E-state index in [1.807, 2.05) is 0 Å². The second-order valence-electron chi connectivity index (χ2n) is 4.63. The van der Waals surface area contributed by atoms with Crippen molar-refractivity contribution in [2.45, 2.75) is 38.5 Å². The van der Waals surface area contributed by atoms with Crippen molar-refractivity contribution in [2.75, 3.05) is 6.54 Å². The monoisotopic (exact) mass is 211 g/mol. The van der Waals surface area contributed by atoms with Crippen molar-refractivity contribution in [3.63, 3.8) is 0 Å². The average molecular weight is 211 g/mol. The Balaban J connectivity index is 2.05. The predicted molar refractivity (Wildman–Crippen MR) is 59.4 cm³/mol. The van der Waals surface area contributed by atoms with Crippen LogP contribution >= 0.6 is 11.3 Å². The Morgan fingerprint density at radius 2 is 2.43 bits per heavy atom. The van der Waals surface area contributed by atoms with Crippen LogP contribution in [-0.2, 0) is 6.54 Å². The number of aliphatic hydroxyl groups is 1. The van der Waals surface area contributed by atoms with Crippen LogP contribution in [0.25, 0.3) is 0 Å². The van der Waals surface area contributed by atoms with Gasteiger partial charge in [0.05, 0.1) is 6.10 Å². The van der Waals surface area contributed by atoms with Gasteiger partial charge in [0.25, 0.3) is 0 Å². The van der Waals surface area contributed by atoms with Crippen LogP contribution in [-0.4, -0.2) is 28.2 Å². The molecule has 1 saturated heterocycles. The maximum atomic E-state index is 9.63. The number of β-amino-alcohol motifs (C(OH)–C–C–N with tert-alkyl or cyclic N) is 1. The molecule has 2 rings (SSSR count). The summed E-state index contributed by atoms with van der Waals surface area (Å²) in [5.74, 6) is 0. The van der Waals surface area contributed by atoms with Crippen LogP contribution in [0.3, 0.4) is 0 Å². The van der Waals surface area contributed by atoms with Gasteiger partial charge >= 0.3 is 0 Å². The van der Waals surface area contributed by atoms with Crippen LogP contribution in [0.4, 0.5) is 0 Å². The highest BCUT2D eigenvalue weighted by Crippen LogP contribution is 2.30. The van der Waals surface area contributed by atoms with E-state index in [4.69, 9.17) is 0 Å². The minimum Gasteiger partial charge on any atom is -0.392 e. The second kappa shape index (κ2) is 3.65. The van der Waals surface area contributed by atoms with Gasteiger partial charge in [-0.3, -0.25) is 4.90 Å². The summed E-state index contributed by atoms with van der Waals surface area (Å²) < 4.78 is 0. The van der Waals surface area contributed by atoms with E-state index in [2.05, 4.69) is 36.3 Å². The Morgan fingerprint density at radius 3 is 2.93 bits per heavy atom. The largest absolute Gasteiger partial charge is 0.392 e. The molecule has 14 heavy (non-hydrogen) atoms. The third-order valence-corrected chi connectivity index (χ3v) is 3.81. The van der Waals surface area contributed by atoms with Gasteiger partial charge in [-0.1, -0.05) is 6.07 Å². The van der Waals surface area contributed by atoms with Crippen LogP contribution in [0, 0.1) is 0 Å². The summed E-state index contributed by atoms with van der Waals surface area (Å²) >= 11 is 1.79. The van der Waals surface area contributed by atoms with Crippen molar-refractivity contribution in [3.05, 3.63) is 22.4 Å². The summed E-state index contributed by atoms with van der Waals surface area (Å²) in [7, 11) is 0. The van der Waals surface area contributed by atoms with E-state index in [1.54, 1.807) is 11.3 Å². The Bertz CT molecular complexity index is 294. The fourth-order valence-corrected chi connectivity index (χ4v) is 2.86. The van der Waals surface area contributed by atoms with Gasteiger partial charge in [0.15, 0.2) is 0 Å². The van der Waals surface area contributed by atoms with E-state index in [1.165, 1.54) is 4.88 Å². The molecule has 2 nitrogen and oxygen atoms in total. The van der Waals surface area contributed by atoms with Gasteiger partial charge in [-0.2, -0.15) is 0 Å². The molecule has 0 aliphatic carbocycles.